The van der Waals surface area contributed by atoms with Crippen LogP contribution < -0.4 is 27.4 Å². The molecule has 2 rings (SSSR count). The van der Waals surface area contributed by atoms with E-state index in [-0.39, 0.29) is 37.6 Å². The molecule has 0 spiro atoms. The lowest BCUT2D eigenvalue weighted by Crippen LogP contribution is -2.56. The van der Waals surface area contributed by atoms with Gasteiger partial charge in [-0.2, -0.15) is 0 Å². The van der Waals surface area contributed by atoms with Crippen LogP contribution in [0, 0.1) is 0 Å². The number of aliphatic imine (C=N–C) groups is 1. The first-order valence-corrected chi connectivity index (χ1v) is 12.0. The molecule has 2 aromatic rings. The van der Waals surface area contributed by atoms with Crippen LogP contribution in [0.1, 0.15) is 35.3 Å². The summed E-state index contributed by atoms with van der Waals surface area (Å²) in [6, 6.07) is 5.38. The number of rotatable bonds is 15. The molecule has 0 fully saturated rings. The van der Waals surface area contributed by atoms with E-state index < -0.39 is 41.8 Å². The first-order chi connectivity index (χ1) is 17.7. The van der Waals surface area contributed by atoms with Gasteiger partial charge in [-0.3, -0.25) is 24.2 Å². The van der Waals surface area contributed by atoms with Crippen LogP contribution in [0.4, 0.5) is 0 Å². The highest BCUT2D eigenvalue weighted by molar-refractivity contribution is 6.18. The van der Waals surface area contributed by atoms with Crippen molar-refractivity contribution in [1.29, 1.82) is 0 Å². The number of hydrogen-bond donors (Lipinski definition) is 7. The molecule has 1 aromatic carbocycles. The van der Waals surface area contributed by atoms with Gasteiger partial charge in [0.2, 0.25) is 11.8 Å². The molecular formula is C23H31ClN8O5. The summed E-state index contributed by atoms with van der Waals surface area (Å²) in [6.07, 6.45) is 3.11. The standard InChI is InChI=1S/C23H31ClN8O5/c24-11-15(10-19(33)34)30-22(37)18(9-16-12-27-13-29-16)32-21(36)17(7-4-8-28-23(25)26)31-20(35)14-5-2-1-3-6-14/h1-3,5-6,12-13,15,17-18H,4,7-11H2,(H,27,29)(H,30,37)(H,31,35)(H,32,36)(H,33,34)(H4,25,26,28)/t15-,17+,18+/m1/s1. The van der Waals surface area contributed by atoms with Gasteiger partial charge in [0.05, 0.1) is 18.8 Å². The van der Waals surface area contributed by atoms with Gasteiger partial charge in [-0.1, -0.05) is 18.2 Å². The van der Waals surface area contributed by atoms with Crippen LogP contribution in [0.3, 0.4) is 0 Å². The van der Waals surface area contributed by atoms with Crippen LogP contribution in [0.5, 0.6) is 0 Å². The number of aliphatic carboxylic acids is 1. The summed E-state index contributed by atoms with van der Waals surface area (Å²) >= 11 is 5.81. The number of imidazole rings is 1. The van der Waals surface area contributed by atoms with Crippen molar-refractivity contribution in [2.24, 2.45) is 16.5 Å². The molecule has 1 aromatic heterocycles. The molecule has 37 heavy (non-hydrogen) atoms. The van der Waals surface area contributed by atoms with E-state index in [0.29, 0.717) is 17.7 Å². The maximum atomic E-state index is 13.3. The van der Waals surface area contributed by atoms with Crippen LogP contribution in [-0.2, 0) is 20.8 Å². The van der Waals surface area contributed by atoms with Gasteiger partial charge in [-0.15, -0.1) is 11.6 Å². The Morgan fingerprint density at radius 1 is 1.05 bits per heavy atom. The fourth-order valence-corrected chi connectivity index (χ4v) is 3.54. The van der Waals surface area contributed by atoms with Crippen LogP contribution in [0.25, 0.3) is 0 Å². The van der Waals surface area contributed by atoms with Crippen molar-refractivity contribution in [3.05, 3.63) is 54.1 Å². The molecule has 0 unspecified atom stereocenters. The number of amides is 3. The Labute approximate surface area is 218 Å². The Morgan fingerprint density at radius 3 is 2.35 bits per heavy atom. The van der Waals surface area contributed by atoms with Crippen molar-refractivity contribution in [1.82, 2.24) is 25.9 Å². The van der Waals surface area contributed by atoms with E-state index in [1.165, 1.54) is 12.5 Å². The van der Waals surface area contributed by atoms with Crippen molar-refractivity contribution >= 4 is 41.3 Å². The highest BCUT2D eigenvalue weighted by atomic mass is 35.5. The van der Waals surface area contributed by atoms with Gasteiger partial charge in [-0.05, 0) is 25.0 Å². The summed E-state index contributed by atoms with van der Waals surface area (Å²) in [4.78, 5) is 60.8. The lowest BCUT2D eigenvalue weighted by atomic mass is 10.1. The lowest BCUT2D eigenvalue weighted by Gasteiger charge is -2.24. The number of carboxylic acids is 1. The summed E-state index contributed by atoms with van der Waals surface area (Å²) in [6.45, 7) is 0.234. The monoisotopic (exact) mass is 534 g/mol. The van der Waals surface area contributed by atoms with Crippen molar-refractivity contribution in [3.8, 4) is 0 Å². The molecule has 14 heteroatoms. The molecule has 200 valence electrons. The summed E-state index contributed by atoms with van der Waals surface area (Å²) in [5.74, 6) is -3.09. The van der Waals surface area contributed by atoms with E-state index in [9.17, 15) is 19.2 Å². The van der Waals surface area contributed by atoms with Gasteiger partial charge in [0.25, 0.3) is 5.91 Å². The number of guanidine groups is 1. The third-order valence-corrected chi connectivity index (χ3v) is 5.54. The third-order valence-electron chi connectivity index (χ3n) is 5.17. The average Bonchev–Trinajstić information content (AvgIpc) is 3.38. The van der Waals surface area contributed by atoms with Gasteiger partial charge < -0.3 is 37.5 Å². The maximum Gasteiger partial charge on any atom is 0.305 e. The van der Waals surface area contributed by atoms with Gasteiger partial charge in [-0.25, -0.2) is 4.98 Å². The fraction of sp³-hybridized carbons (Fsp3) is 0.391. The maximum absolute atomic E-state index is 13.3. The summed E-state index contributed by atoms with van der Waals surface area (Å²) < 4.78 is 0. The molecular weight excluding hydrogens is 504 g/mol. The zero-order valence-corrected chi connectivity index (χ0v) is 20.8. The number of benzene rings is 1. The van der Waals surface area contributed by atoms with Gasteiger partial charge >= 0.3 is 5.97 Å². The highest BCUT2D eigenvalue weighted by Gasteiger charge is 2.29. The van der Waals surface area contributed by atoms with Crippen LogP contribution >= 0.6 is 11.6 Å². The first-order valence-electron chi connectivity index (χ1n) is 11.5. The largest absolute Gasteiger partial charge is 0.481 e. The lowest BCUT2D eigenvalue weighted by molar-refractivity contribution is -0.138. The van der Waals surface area contributed by atoms with Gasteiger partial charge in [0.1, 0.15) is 12.1 Å². The molecule has 9 N–H and O–H groups in total. The normalized spacial score (nSPS) is 13.0. The zero-order valence-electron chi connectivity index (χ0n) is 20.0. The Bertz CT molecular complexity index is 1060. The Balaban J connectivity index is 2.19. The number of nitrogens with one attached hydrogen (secondary N) is 4. The molecule has 1 heterocycles. The SMILES string of the molecule is NC(N)=NCCC[C@H](NC(=O)c1ccccc1)C(=O)N[C@@H](Cc1cnc[nH]1)C(=O)N[C@@H](CCl)CC(=O)O. The third kappa shape index (κ3) is 10.6. The van der Waals surface area contributed by atoms with Crippen molar-refractivity contribution in [2.75, 3.05) is 12.4 Å². The molecule has 0 saturated carbocycles. The molecule has 0 radical (unpaired) electrons. The number of alkyl halides is 1. The Hall–Kier alpha value is -4.13. The number of carbonyl (C=O) groups excluding carboxylic acids is 3. The molecule has 3 amide bonds. The molecule has 0 aliphatic heterocycles. The second-order valence-corrected chi connectivity index (χ2v) is 8.45. The molecule has 0 aliphatic rings. The van der Waals surface area contributed by atoms with E-state index in [1.807, 2.05) is 0 Å². The van der Waals surface area contributed by atoms with Crippen molar-refractivity contribution in [2.45, 2.75) is 43.8 Å². The Morgan fingerprint density at radius 2 is 1.76 bits per heavy atom. The summed E-state index contributed by atoms with van der Waals surface area (Å²) in [5, 5.41) is 16.9. The smallest absolute Gasteiger partial charge is 0.305 e. The predicted molar refractivity (Wildman–Crippen MR) is 137 cm³/mol. The minimum absolute atomic E-state index is 0.0347. The number of carbonyl (C=O) groups is 4. The quantitative estimate of drug-likeness (QED) is 0.0680. The highest BCUT2D eigenvalue weighted by Crippen LogP contribution is 2.07. The van der Waals surface area contributed by atoms with Crippen LogP contribution in [0.2, 0.25) is 0 Å². The average molecular weight is 535 g/mol. The zero-order chi connectivity index (χ0) is 27.2. The number of halogens is 1. The number of aromatic nitrogens is 2. The minimum Gasteiger partial charge on any atom is -0.481 e. The van der Waals surface area contributed by atoms with E-state index in [0.717, 1.165) is 0 Å². The van der Waals surface area contributed by atoms with Gasteiger partial charge in [0.15, 0.2) is 5.96 Å². The molecule has 0 bridgehead atoms. The van der Waals surface area contributed by atoms with E-state index >= 15 is 0 Å². The van der Waals surface area contributed by atoms with Gasteiger partial charge in [0, 0.05) is 36.3 Å². The summed E-state index contributed by atoms with van der Waals surface area (Å²) in [5.41, 5.74) is 11.6. The number of nitrogens with zero attached hydrogens (tertiary/aromatic N) is 2. The fourth-order valence-electron chi connectivity index (χ4n) is 3.36. The number of nitrogens with two attached hydrogens (primary N) is 2. The Kier molecular flexibility index (Phi) is 11.9. The molecule has 13 nitrogen and oxygen atoms in total. The minimum atomic E-state index is -1.13. The van der Waals surface area contributed by atoms with E-state index in [1.54, 1.807) is 30.3 Å². The van der Waals surface area contributed by atoms with Crippen molar-refractivity contribution < 1.29 is 24.3 Å². The summed E-state index contributed by atoms with van der Waals surface area (Å²) in [7, 11) is 0. The number of hydrogen-bond acceptors (Lipinski definition) is 6. The van der Waals surface area contributed by atoms with Crippen molar-refractivity contribution in [3.63, 3.8) is 0 Å². The van der Waals surface area contributed by atoms with Crippen LogP contribution in [-0.4, -0.2) is 75.3 Å². The molecule has 3 atom stereocenters. The molecule has 0 aliphatic carbocycles. The van der Waals surface area contributed by atoms with E-state index in [4.69, 9.17) is 28.2 Å². The van der Waals surface area contributed by atoms with E-state index in [2.05, 4.69) is 30.9 Å². The van der Waals surface area contributed by atoms with Crippen LogP contribution in [0.15, 0.2) is 47.8 Å². The second kappa shape index (κ2) is 15.1. The first kappa shape index (κ1) is 29.1. The number of H-pyrrole nitrogens is 1. The molecule has 0 saturated heterocycles. The second-order valence-electron chi connectivity index (χ2n) is 8.14. The number of aromatic amines is 1. The predicted octanol–water partition coefficient (Wildman–Crippen LogP) is -0.512. The number of carboxylic acid groups (broad SMARTS) is 1. The topological polar surface area (TPSA) is 218 Å².